The largest absolute Gasteiger partial charge is 0.321 e. The van der Waals surface area contributed by atoms with Crippen molar-refractivity contribution in [2.75, 3.05) is 0 Å². The Hall–Kier alpha value is -1.16. The Labute approximate surface area is 119 Å². The Bertz CT molecular complexity index is 487. The molecule has 4 saturated carbocycles. The molecule has 0 saturated heterocycles. The van der Waals surface area contributed by atoms with Crippen LogP contribution in [0.4, 0.5) is 0 Å². The molecule has 0 spiro atoms. The van der Waals surface area contributed by atoms with Crippen LogP contribution in [0.2, 0.25) is 0 Å². The van der Waals surface area contributed by atoms with Crippen LogP contribution < -0.4 is 5.73 Å². The van der Waals surface area contributed by atoms with Crippen molar-refractivity contribution >= 4 is 0 Å². The second-order valence-electron chi connectivity index (χ2n) is 7.66. The average Bonchev–Trinajstić information content (AvgIpc) is 2.37. The minimum atomic E-state index is -0.359. The monoisotopic (exact) mass is 274 g/mol. The number of nitro groups is 1. The van der Waals surface area contributed by atoms with Gasteiger partial charge in [0.15, 0.2) is 0 Å². The van der Waals surface area contributed by atoms with Crippen LogP contribution in [0.5, 0.6) is 0 Å². The molecule has 4 heteroatoms. The fraction of sp³-hybridized carbons (Fsp3) is 0.750. The zero-order chi connectivity index (χ0) is 14.0. The predicted octanol–water partition coefficient (Wildman–Crippen LogP) is 3.02. The maximum atomic E-state index is 10.9. The first-order valence-corrected chi connectivity index (χ1v) is 7.82. The SMILES string of the molecule is NC1(C23CC4CC(CC(C4)C2)C3)C=CC([N+](=O)[O-])=CC1. The normalized spacial score (nSPS) is 49.2. The summed E-state index contributed by atoms with van der Waals surface area (Å²) in [5, 5.41) is 10.9. The van der Waals surface area contributed by atoms with E-state index in [4.69, 9.17) is 5.73 Å². The molecule has 4 fully saturated rings. The molecule has 4 nitrogen and oxygen atoms in total. The highest BCUT2D eigenvalue weighted by Gasteiger charge is 2.58. The van der Waals surface area contributed by atoms with E-state index in [0.717, 1.165) is 17.8 Å². The Kier molecular flexibility index (Phi) is 2.48. The predicted molar refractivity (Wildman–Crippen MR) is 76.4 cm³/mol. The molecule has 0 aromatic heterocycles. The van der Waals surface area contributed by atoms with E-state index in [1.165, 1.54) is 38.5 Å². The topological polar surface area (TPSA) is 69.2 Å². The highest BCUT2D eigenvalue weighted by molar-refractivity contribution is 5.30. The van der Waals surface area contributed by atoms with Crippen molar-refractivity contribution in [1.29, 1.82) is 0 Å². The van der Waals surface area contributed by atoms with E-state index in [-0.39, 0.29) is 21.6 Å². The van der Waals surface area contributed by atoms with Crippen molar-refractivity contribution in [2.24, 2.45) is 28.9 Å². The van der Waals surface area contributed by atoms with Crippen LogP contribution in [-0.2, 0) is 0 Å². The van der Waals surface area contributed by atoms with E-state index in [1.807, 2.05) is 6.08 Å². The van der Waals surface area contributed by atoms with E-state index < -0.39 is 0 Å². The molecule has 108 valence electrons. The Morgan fingerprint density at radius 2 is 1.70 bits per heavy atom. The highest BCUT2D eigenvalue weighted by Crippen LogP contribution is 2.64. The van der Waals surface area contributed by atoms with Gasteiger partial charge in [0.25, 0.3) is 5.70 Å². The van der Waals surface area contributed by atoms with Gasteiger partial charge < -0.3 is 5.73 Å². The summed E-state index contributed by atoms with van der Waals surface area (Å²) in [5.74, 6) is 2.57. The van der Waals surface area contributed by atoms with Crippen molar-refractivity contribution in [3.63, 3.8) is 0 Å². The standard InChI is InChI=1S/C16H22N2O2/c17-16(3-1-14(2-4-16)18(19)20)15-8-11-5-12(9-15)7-13(6-11)10-15/h1-3,11-13H,4-10,17H2. The van der Waals surface area contributed by atoms with Crippen LogP contribution in [0.15, 0.2) is 23.9 Å². The van der Waals surface area contributed by atoms with Crippen LogP contribution in [0, 0.1) is 33.3 Å². The van der Waals surface area contributed by atoms with E-state index >= 15 is 0 Å². The first-order valence-electron chi connectivity index (χ1n) is 7.82. The zero-order valence-corrected chi connectivity index (χ0v) is 11.8. The van der Waals surface area contributed by atoms with Crippen molar-refractivity contribution < 1.29 is 4.92 Å². The van der Waals surface area contributed by atoms with Gasteiger partial charge in [0, 0.05) is 11.6 Å². The van der Waals surface area contributed by atoms with Crippen LogP contribution in [-0.4, -0.2) is 10.5 Å². The van der Waals surface area contributed by atoms with Crippen molar-refractivity contribution in [1.82, 2.24) is 0 Å². The lowest BCUT2D eigenvalue weighted by Gasteiger charge is -2.62. The molecule has 2 N–H and O–H groups in total. The van der Waals surface area contributed by atoms with Crippen molar-refractivity contribution in [2.45, 2.75) is 50.5 Å². The summed E-state index contributed by atoms with van der Waals surface area (Å²) >= 11 is 0. The number of allylic oxidation sites excluding steroid dienone is 1. The van der Waals surface area contributed by atoms with Crippen molar-refractivity contribution in [3.05, 3.63) is 34.0 Å². The van der Waals surface area contributed by atoms with Gasteiger partial charge in [-0.15, -0.1) is 0 Å². The lowest BCUT2D eigenvalue weighted by Crippen LogP contribution is -2.62. The third kappa shape index (κ3) is 1.63. The molecule has 0 aliphatic heterocycles. The van der Waals surface area contributed by atoms with E-state index in [9.17, 15) is 10.1 Å². The number of nitrogens with two attached hydrogens (primary N) is 1. The molecule has 0 radical (unpaired) electrons. The van der Waals surface area contributed by atoms with Gasteiger partial charge in [0.1, 0.15) is 0 Å². The van der Waals surface area contributed by atoms with Gasteiger partial charge in [-0.2, -0.15) is 0 Å². The molecule has 5 aliphatic carbocycles. The molecule has 0 amide bonds. The third-order valence-corrected chi connectivity index (χ3v) is 6.44. The minimum Gasteiger partial charge on any atom is -0.321 e. The summed E-state index contributed by atoms with van der Waals surface area (Å²) in [6.45, 7) is 0. The molecule has 5 rings (SSSR count). The van der Waals surface area contributed by atoms with Gasteiger partial charge in [-0.05, 0) is 74.2 Å². The first kappa shape index (κ1) is 12.6. The first-order chi connectivity index (χ1) is 9.50. The number of hydrogen-bond acceptors (Lipinski definition) is 3. The van der Waals surface area contributed by atoms with Gasteiger partial charge in [-0.1, -0.05) is 6.08 Å². The van der Waals surface area contributed by atoms with Crippen molar-refractivity contribution in [3.8, 4) is 0 Å². The molecular formula is C16H22N2O2. The van der Waals surface area contributed by atoms with Gasteiger partial charge in [0.05, 0.1) is 4.92 Å². The smallest absolute Gasteiger partial charge is 0.265 e. The van der Waals surface area contributed by atoms with Crippen LogP contribution in [0.1, 0.15) is 44.9 Å². The average molecular weight is 274 g/mol. The highest BCUT2D eigenvalue weighted by atomic mass is 16.6. The van der Waals surface area contributed by atoms with E-state index in [2.05, 4.69) is 0 Å². The number of rotatable bonds is 2. The molecule has 1 atom stereocenters. The summed E-state index contributed by atoms with van der Waals surface area (Å²) in [6, 6.07) is 0. The Balaban J connectivity index is 1.65. The Morgan fingerprint density at radius 3 is 2.10 bits per heavy atom. The maximum absolute atomic E-state index is 10.9. The summed E-state index contributed by atoms with van der Waals surface area (Å²) < 4.78 is 0. The number of hydrogen-bond donors (Lipinski definition) is 1. The van der Waals surface area contributed by atoms with Gasteiger partial charge in [-0.3, -0.25) is 10.1 Å². The molecule has 4 bridgehead atoms. The third-order valence-electron chi connectivity index (χ3n) is 6.44. The summed E-state index contributed by atoms with van der Waals surface area (Å²) in [6.07, 6.45) is 13.9. The van der Waals surface area contributed by atoms with Gasteiger partial charge in [0.2, 0.25) is 0 Å². The summed E-state index contributed by atoms with van der Waals surface area (Å²) in [7, 11) is 0. The summed E-state index contributed by atoms with van der Waals surface area (Å²) in [5.41, 5.74) is 6.82. The minimum absolute atomic E-state index is 0.204. The molecule has 5 aliphatic rings. The molecule has 0 aromatic carbocycles. The maximum Gasteiger partial charge on any atom is 0.265 e. The van der Waals surface area contributed by atoms with Crippen LogP contribution >= 0.6 is 0 Å². The number of nitrogens with zero attached hydrogens (tertiary/aromatic N) is 1. The fourth-order valence-corrected chi connectivity index (χ4v) is 5.85. The second-order valence-corrected chi connectivity index (χ2v) is 7.66. The van der Waals surface area contributed by atoms with Crippen LogP contribution in [0.3, 0.4) is 0 Å². The lowest BCUT2D eigenvalue weighted by atomic mass is 9.44. The lowest BCUT2D eigenvalue weighted by molar-refractivity contribution is -0.419. The van der Waals surface area contributed by atoms with E-state index in [0.29, 0.717) is 6.42 Å². The second kappa shape index (κ2) is 3.94. The molecule has 20 heavy (non-hydrogen) atoms. The molecular weight excluding hydrogens is 252 g/mol. The van der Waals surface area contributed by atoms with Gasteiger partial charge in [-0.25, -0.2) is 0 Å². The van der Waals surface area contributed by atoms with Gasteiger partial charge >= 0.3 is 0 Å². The quantitative estimate of drug-likeness (QED) is 0.621. The summed E-state index contributed by atoms with van der Waals surface area (Å²) in [4.78, 5) is 10.5. The molecule has 0 heterocycles. The molecule has 0 aromatic rings. The van der Waals surface area contributed by atoms with Crippen LogP contribution in [0.25, 0.3) is 0 Å². The Morgan fingerprint density at radius 1 is 1.15 bits per heavy atom. The molecule has 1 unspecified atom stereocenters. The zero-order valence-electron chi connectivity index (χ0n) is 11.8. The van der Waals surface area contributed by atoms with E-state index in [1.54, 1.807) is 12.2 Å². The fourth-order valence-electron chi connectivity index (χ4n) is 5.85.